The molecule has 1 saturated carbocycles. The van der Waals surface area contributed by atoms with Crippen LogP contribution in [0.2, 0.25) is 5.02 Å². The highest BCUT2D eigenvalue weighted by Gasteiger charge is 2.33. The summed E-state index contributed by atoms with van der Waals surface area (Å²) in [5.74, 6) is 0.565. The average Bonchev–Trinajstić information content (AvgIpc) is 2.88. The number of hydrogen-bond acceptors (Lipinski definition) is 4. The first-order valence-electron chi connectivity index (χ1n) is 7.71. The van der Waals surface area contributed by atoms with Crippen LogP contribution in [0, 0.1) is 5.92 Å². The molecule has 1 heterocycles. The maximum Gasteiger partial charge on any atom is 0.241 e. The van der Waals surface area contributed by atoms with Crippen LogP contribution in [0.3, 0.4) is 0 Å². The van der Waals surface area contributed by atoms with Crippen molar-refractivity contribution in [3.63, 3.8) is 0 Å². The lowest BCUT2D eigenvalue weighted by Crippen LogP contribution is -2.42. The summed E-state index contributed by atoms with van der Waals surface area (Å²) in [6.07, 6.45) is 7.12. The number of fused-ring (bicyclic) bond motifs is 1. The first kappa shape index (κ1) is 17.2. The lowest BCUT2D eigenvalue weighted by molar-refractivity contribution is 0.409. The number of rotatable bonds is 3. The Kier molecular flexibility index (Phi) is 4.50. The summed E-state index contributed by atoms with van der Waals surface area (Å²) in [5, 5.41) is 0.0861. The van der Waals surface area contributed by atoms with Gasteiger partial charge in [-0.3, -0.25) is 0 Å². The second kappa shape index (κ2) is 6.02. The second-order valence-electron chi connectivity index (χ2n) is 6.57. The van der Waals surface area contributed by atoms with Gasteiger partial charge in [0.15, 0.2) is 9.84 Å². The molecule has 1 aromatic rings. The largest absolute Gasteiger partial charge is 0.241 e. The third-order valence-corrected chi connectivity index (χ3v) is 7.85. The lowest BCUT2D eigenvalue weighted by atomic mass is 9.94. The molecule has 2 aliphatic rings. The normalized spacial score (nSPS) is 24.5. The van der Waals surface area contributed by atoms with Crippen LogP contribution >= 0.6 is 11.6 Å². The highest BCUT2D eigenvalue weighted by Crippen LogP contribution is 2.35. The first-order valence-corrected chi connectivity index (χ1v) is 11.5. The molecule has 1 N–H and O–H groups in total. The molecule has 0 aromatic heterocycles. The molecule has 5 nitrogen and oxygen atoms in total. The standard InChI is InChI=1S/C15H20ClNO4S2/c1-22(18,19)15-9-14-11(8-13(15)16)7-12(17-23(14,20)21)6-10-4-2-3-5-10/h8-10,12,17H,2-7H2,1H3. The van der Waals surface area contributed by atoms with Crippen LogP contribution in [0.15, 0.2) is 21.9 Å². The van der Waals surface area contributed by atoms with Gasteiger partial charge in [-0.1, -0.05) is 37.3 Å². The molecule has 1 aromatic carbocycles. The minimum absolute atomic E-state index is 0.0324. The highest BCUT2D eigenvalue weighted by molar-refractivity contribution is 7.91. The van der Waals surface area contributed by atoms with E-state index in [-0.39, 0.29) is 20.9 Å². The van der Waals surface area contributed by atoms with Crippen molar-refractivity contribution < 1.29 is 16.8 Å². The fourth-order valence-corrected chi connectivity index (χ4v) is 6.57. The van der Waals surface area contributed by atoms with Crippen molar-refractivity contribution in [1.29, 1.82) is 0 Å². The molecule has 1 atom stereocenters. The topological polar surface area (TPSA) is 80.3 Å². The number of sulfone groups is 1. The van der Waals surface area contributed by atoms with Crippen molar-refractivity contribution in [3.8, 4) is 0 Å². The van der Waals surface area contributed by atoms with Gasteiger partial charge in [0.1, 0.15) is 0 Å². The van der Waals surface area contributed by atoms with E-state index in [1.165, 1.54) is 25.0 Å². The average molecular weight is 378 g/mol. The molecule has 0 spiro atoms. The first-order chi connectivity index (χ1) is 10.7. The van der Waals surface area contributed by atoms with E-state index < -0.39 is 19.9 Å². The summed E-state index contributed by atoms with van der Waals surface area (Å²) in [4.78, 5) is -0.109. The van der Waals surface area contributed by atoms with Gasteiger partial charge >= 0.3 is 0 Å². The number of nitrogens with one attached hydrogen (secondary N) is 1. The van der Waals surface area contributed by atoms with Gasteiger partial charge in [0.25, 0.3) is 0 Å². The monoisotopic (exact) mass is 377 g/mol. The van der Waals surface area contributed by atoms with E-state index >= 15 is 0 Å². The van der Waals surface area contributed by atoms with E-state index in [0.717, 1.165) is 25.5 Å². The van der Waals surface area contributed by atoms with Gasteiger partial charge in [0, 0.05) is 12.3 Å². The van der Waals surface area contributed by atoms with Gasteiger partial charge in [0.05, 0.1) is 14.8 Å². The molecule has 1 aliphatic carbocycles. The molecule has 1 unspecified atom stereocenters. The van der Waals surface area contributed by atoms with Crippen LogP contribution < -0.4 is 4.72 Å². The molecule has 8 heteroatoms. The molecule has 0 saturated heterocycles. The lowest BCUT2D eigenvalue weighted by Gasteiger charge is -2.28. The van der Waals surface area contributed by atoms with Crippen LogP contribution in [0.1, 0.15) is 37.7 Å². The highest BCUT2D eigenvalue weighted by atomic mass is 35.5. The van der Waals surface area contributed by atoms with Crippen molar-refractivity contribution in [1.82, 2.24) is 4.72 Å². The minimum Gasteiger partial charge on any atom is -0.224 e. The molecule has 3 rings (SSSR count). The van der Waals surface area contributed by atoms with E-state index in [4.69, 9.17) is 11.6 Å². The Labute approximate surface area is 142 Å². The van der Waals surface area contributed by atoms with E-state index in [9.17, 15) is 16.8 Å². The zero-order valence-corrected chi connectivity index (χ0v) is 15.3. The Balaban J connectivity index is 1.96. The van der Waals surface area contributed by atoms with Gasteiger partial charge in [0.2, 0.25) is 10.0 Å². The third-order valence-electron chi connectivity index (χ3n) is 4.68. The predicted molar refractivity (Wildman–Crippen MR) is 89.0 cm³/mol. The summed E-state index contributed by atoms with van der Waals surface area (Å²) in [6.45, 7) is 0. The smallest absolute Gasteiger partial charge is 0.224 e. The summed E-state index contributed by atoms with van der Waals surface area (Å²) in [5.41, 5.74) is 0.601. The van der Waals surface area contributed by atoms with Crippen LogP contribution in [0.25, 0.3) is 0 Å². The second-order valence-corrected chi connectivity index (χ2v) is 10.6. The number of hydrogen-bond donors (Lipinski definition) is 1. The van der Waals surface area contributed by atoms with Gasteiger partial charge in [-0.25, -0.2) is 21.6 Å². The van der Waals surface area contributed by atoms with Crippen molar-refractivity contribution in [2.75, 3.05) is 6.26 Å². The fourth-order valence-electron chi connectivity index (χ4n) is 3.64. The summed E-state index contributed by atoms with van der Waals surface area (Å²) in [6, 6.07) is 2.53. The Morgan fingerprint density at radius 3 is 2.52 bits per heavy atom. The van der Waals surface area contributed by atoms with Crippen molar-refractivity contribution in [3.05, 3.63) is 22.7 Å². The Hall–Kier alpha value is -0.630. The SMILES string of the molecule is CS(=O)(=O)c1cc2c(cc1Cl)CC(CC1CCCC1)NS2(=O)=O. The van der Waals surface area contributed by atoms with Gasteiger partial charge in [-0.05, 0) is 36.5 Å². The molecule has 0 amide bonds. The minimum atomic E-state index is -3.71. The van der Waals surface area contributed by atoms with Gasteiger partial charge in [-0.15, -0.1) is 0 Å². The maximum absolute atomic E-state index is 12.5. The molecular formula is C15H20ClNO4S2. The molecule has 1 aliphatic heterocycles. The van der Waals surface area contributed by atoms with E-state index in [0.29, 0.717) is 17.9 Å². The van der Waals surface area contributed by atoms with Crippen LogP contribution in [-0.4, -0.2) is 29.1 Å². The number of benzene rings is 1. The fraction of sp³-hybridized carbons (Fsp3) is 0.600. The molecule has 1 fully saturated rings. The van der Waals surface area contributed by atoms with Crippen molar-refractivity contribution in [2.45, 2.75) is 54.4 Å². The van der Waals surface area contributed by atoms with Crippen LogP contribution in [-0.2, 0) is 26.3 Å². The van der Waals surface area contributed by atoms with Crippen molar-refractivity contribution >= 4 is 31.5 Å². The molecule has 128 valence electrons. The molecular weight excluding hydrogens is 358 g/mol. The van der Waals surface area contributed by atoms with E-state index in [1.54, 1.807) is 0 Å². The molecule has 0 radical (unpaired) electrons. The Morgan fingerprint density at radius 2 is 1.91 bits per heavy atom. The zero-order valence-electron chi connectivity index (χ0n) is 12.9. The zero-order chi connectivity index (χ0) is 16.8. The Morgan fingerprint density at radius 1 is 1.26 bits per heavy atom. The predicted octanol–water partition coefficient (Wildman–Crippen LogP) is 2.53. The molecule has 23 heavy (non-hydrogen) atoms. The third kappa shape index (κ3) is 3.57. The summed E-state index contributed by atoms with van der Waals surface area (Å²) >= 11 is 6.06. The van der Waals surface area contributed by atoms with Crippen LogP contribution in [0.4, 0.5) is 0 Å². The summed E-state index contributed by atoms with van der Waals surface area (Å²) < 4.78 is 51.2. The van der Waals surface area contributed by atoms with Gasteiger partial charge in [-0.2, -0.15) is 0 Å². The van der Waals surface area contributed by atoms with E-state index in [2.05, 4.69) is 4.72 Å². The maximum atomic E-state index is 12.5. The van der Waals surface area contributed by atoms with Crippen LogP contribution in [0.5, 0.6) is 0 Å². The Bertz CT molecular complexity index is 827. The number of sulfonamides is 1. The van der Waals surface area contributed by atoms with Gasteiger partial charge < -0.3 is 0 Å². The quantitative estimate of drug-likeness (QED) is 0.877. The number of halogens is 1. The molecule has 0 bridgehead atoms. The summed E-state index contributed by atoms with van der Waals surface area (Å²) in [7, 11) is -7.28. The van der Waals surface area contributed by atoms with E-state index in [1.807, 2.05) is 0 Å². The van der Waals surface area contributed by atoms with Crippen molar-refractivity contribution in [2.24, 2.45) is 5.92 Å².